The lowest BCUT2D eigenvalue weighted by Gasteiger charge is -2.27. The summed E-state index contributed by atoms with van der Waals surface area (Å²) in [5.74, 6) is 0.526. The normalized spacial score (nSPS) is 15.8. The number of nitrogens with one attached hydrogen (secondary N) is 2. The van der Waals surface area contributed by atoms with Crippen molar-refractivity contribution >= 4 is 5.96 Å². The molecule has 6 heteroatoms. The van der Waals surface area contributed by atoms with Crippen LogP contribution in [-0.4, -0.2) is 50.8 Å². The lowest BCUT2D eigenvalue weighted by Crippen LogP contribution is -2.43. The van der Waals surface area contributed by atoms with E-state index in [4.69, 9.17) is 4.74 Å². The van der Waals surface area contributed by atoms with Crippen molar-refractivity contribution in [3.05, 3.63) is 71.0 Å². The molecule has 1 heterocycles. The minimum absolute atomic E-state index is 0.208. The van der Waals surface area contributed by atoms with Crippen LogP contribution in [0.2, 0.25) is 0 Å². The molecule has 0 radical (unpaired) electrons. The zero-order valence-electron chi connectivity index (χ0n) is 18.2. The number of hydrogen-bond acceptors (Lipinski definition) is 3. The smallest absolute Gasteiger partial charge is 0.191 e. The van der Waals surface area contributed by atoms with Gasteiger partial charge in [0.05, 0.1) is 13.2 Å². The lowest BCUT2D eigenvalue weighted by molar-refractivity contribution is 0.0342. The van der Waals surface area contributed by atoms with Crippen LogP contribution in [0.15, 0.2) is 53.5 Å². The van der Waals surface area contributed by atoms with E-state index in [1.165, 1.54) is 17.2 Å². The van der Waals surface area contributed by atoms with Gasteiger partial charge in [0.15, 0.2) is 5.96 Å². The molecule has 0 atom stereocenters. The first kappa shape index (κ1) is 22.2. The number of hydrogen-bond donors (Lipinski definition) is 2. The first-order valence-electron chi connectivity index (χ1n) is 10.5. The van der Waals surface area contributed by atoms with Gasteiger partial charge >= 0.3 is 0 Å². The summed E-state index contributed by atoms with van der Waals surface area (Å²) in [6.45, 7) is 10.1. The van der Waals surface area contributed by atoms with Crippen LogP contribution in [0.4, 0.5) is 4.39 Å². The van der Waals surface area contributed by atoms with Gasteiger partial charge in [0, 0.05) is 45.2 Å². The van der Waals surface area contributed by atoms with Crippen LogP contribution in [0.3, 0.4) is 0 Å². The zero-order chi connectivity index (χ0) is 21.4. The Morgan fingerprint density at radius 1 is 1.07 bits per heavy atom. The van der Waals surface area contributed by atoms with Crippen LogP contribution in [0.5, 0.6) is 0 Å². The number of benzene rings is 2. The number of nitrogens with zero attached hydrogens (tertiary/aromatic N) is 2. The van der Waals surface area contributed by atoms with E-state index in [9.17, 15) is 4.39 Å². The van der Waals surface area contributed by atoms with E-state index in [2.05, 4.69) is 58.6 Å². The number of halogens is 1. The third kappa shape index (κ3) is 6.54. The average molecular weight is 413 g/mol. The second-order valence-corrected chi connectivity index (χ2v) is 8.38. The molecular formula is C24H33FN4O. The van der Waals surface area contributed by atoms with Crippen LogP contribution < -0.4 is 10.6 Å². The third-order valence-electron chi connectivity index (χ3n) is 5.49. The fraction of sp³-hybridized carbons (Fsp3) is 0.458. The van der Waals surface area contributed by atoms with Crippen molar-refractivity contribution < 1.29 is 9.13 Å². The van der Waals surface area contributed by atoms with Crippen LogP contribution >= 0.6 is 0 Å². The Morgan fingerprint density at radius 2 is 1.80 bits per heavy atom. The molecule has 30 heavy (non-hydrogen) atoms. The van der Waals surface area contributed by atoms with E-state index >= 15 is 0 Å². The van der Waals surface area contributed by atoms with Gasteiger partial charge in [-0.2, -0.15) is 0 Å². The van der Waals surface area contributed by atoms with Crippen molar-refractivity contribution in [3.8, 4) is 0 Å². The van der Waals surface area contributed by atoms with E-state index in [0.717, 1.165) is 44.4 Å². The van der Waals surface area contributed by atoms with E-state index < -0.39 is 0 Å². The Morgan fingerprint density at radius 3 is 2.53 bits per heavy atom. The number of aliphatic imine (C=N–C) groups is 1. The van der Waals surface area contributed by atoms with Crippen molar-refractivity contribution in [1.82, 2.24) is 15.5 Å². The van der Waals surface area contributed by atoms with Crippen molar-refractivity contribution in [1.29, 1.82) is 0 Å². The molecule has 0 aromatic heterocycles. The van der Waals surface area contributed by atoms with Gasteiger partial charge < -0.3 is 15.4 Å². The fourth-order valence-electron chi connectivity index (χ4n) is 3.58. The fourth-order valence-corrected chi connectivity index (χ4v) is 3.58. The first-order valence-corrected chi connectivity index (χ1v) is 10.5. The Balaban J connectivity index is 1.52. The summed E-state index contributed by atoms with van der Waals surface area (Å²) in [5.41, 5.74) is 3.26. The quantitative estimate of drug-likeness (QED) is 0.541. The first-order chi connectivity index (χ1) is 14.5. The largest absolute Gasteiger partial charge is 0.379 e. The van der Waals surface area contributed by atoms with Crippen LogP contribution in [0.1, 0.15) is 30.5 Å². The average Bonchev–Trinajstić information content (AvgIpc) is 2.75. The van der Waals surface area contributed by atoms with Crippen LogP contribution in [0, 0.1) is 5.82 Å². The molecule has 0 amide bonds. The Bertz CT molecular complexity index is 847. The van der Waals surface area contributed by atoms with Gasteiger partial charge in [-0.05, 0) is 28.8 Å². The zero-order valence-corrected chi connectivity index (χ0v) is 18.2. The van der Waals surface area contributed by atoms with Gasteiger partial charge in [0.1, 0.15) is 5.82 Å². The number of rotatable bonds is 7. The summed E-state index contributed by atoms with van der Waals surface area (Å²) in [5, 5.41) is 6.76. The molecule has 2 N–H and O–H groups in total. The maximum atomic E-state index is 13.6. The minimum atomic E-state index is -0.224. The molecule has 3 rings (SSSR count). The van der Waals surface area contributed by atoms with Crippen molar-refractivity contribution in [3.63, 3.8) is 0 Å². The molecule has 0 spiro atoms. The Kier molecular flexibility index (Phi) is 7.82. The molecule has 1 aliphatic heterocycles. The predicted octanol–water partition coefficient (Wildman–Crippen LogP) is 3.30. The highest BCUT2D eigenvalue weighted by Gasteiger charge is 2.21. The predicted molar refractivity (Wildman–Crippen MR) is 120 cm³/mol. The van der Waals surface area contributed by atoms with E-state index in [1.807, 2.05) is 6.07 Å². The number of morpholine rings is 1. The molecular weight excluding hydrogens is 379 g/mol. The summed E-state index contributed by atoms with van der Waals surface area (Å²) >= 11 is 0. The second kappa shape index (κ2) is 10.5. The SMILES string of the molecule is CN=C(NCc1cccc(CN2CCOCC2)c1)NCC(C)(C)c1cccc(F)c1. The molecule has 0 bridgehead atoms. The number of guanidine groups is 1. The standard InChI is InChI=1S/C24H33FN4O/c1-24(2,21-8-5-9-22(25)15-21)18-28-23(26-3)27-16-19-6-4-7-20(14-19)17-29-10-12-30-13-11-29/h4-9,14-15H,10-13,16-18H2,1-3H3,(H2,26,27,28). The van der Waals surface area contributed by atoms with Crippen molar-refractivity contribution in [2.24, 2.45) is 4.99 Å². The molecule has 1 aliphatic rings. The maximum absolute atomic E-state index is 13.6. The summed E-state index contributed by atoms with van der Waals surface area (Å²) in [4.78, 5) is 6.75. The molecule has 1 fully saturated rings. The molecule has 162 valence electrons. The summed E-state index contributed by atoms with van der Waals surface area (Å²) < 4.78 is 19.0. The third-order valence-corrected chi connectivity index (χ3v) is 5.49. The maximum Gasteiger partial charge on any atom is 0.191 e. The second-order valence-electron chi connectivity index (χ2n) is 8.38. The van der Waals surface area contributed by atoms with Crippen molar-refractivity contribution in [2.45, 2.75) is 32.4 Å². The minimum Gasteiger partial charge on any atom is -0.379 e. The van der Waals surface area contributed by atoms with E-state index in [0.29, 0.717) is 13.1 Å². The van der Waals surface area contributed by atoms with Crippen LogP contribution in [0.25, 0.3) is 0 Å². The van der Waals surface area contributed by atoms with E-state index in [1.54, 1.807) is 19.2 Å². The van der Waals surface area contributed by atoms with Crippen LogP contribution in [-0.2, 0) is 23.2 Å². The Labute approximate surface area is 179 Å². The molecule has 5 nitrogen and oxygen atoms in total. The van der Waals surface area contributed by atoms with Gasteiger partial charge in [-0.25, -0.2) is 4.39 Å². The monoisotopic (exact) mass is 412 g/mol. The van der Waals surface area contributed by atoms with Gasteiger partial charge in [0.2, 0.25) is 0 Å². The van der Waals surface area contributed by atoms with Gasteiger partial charge in [0.25, 0.3) is 0 Å². The highest BCUT2D eigenvalue weighted by atomic mass is 19.1. The highest BCUT2D eigenvalue weighted by Crippen LogP contribution is 2.22. The topological polar surface area (TPSA) is 48.9 Å². The van der Waals surface area contributed by atoms with Gasteiger partial charge in [-0.15, -0.1) is 0 Å². The molecule has 2 aromatic rings. The van der Waals surface area contributed by atoms with Gasteiger partial charge in [-0.3, -0.25) is 9.89 Å². The molecule has 2 aromatic carbocycles. The Hall–Kier alpha value is -2.44. The summed E-state index contributed by atoms with van der Waals surface area (Å²) in [7, 11) is 1.76. The van der Waals surface area contributed by atoms with Crippen molar-refractivity contribution in [2.75, 3.05) is 39.9 Å². The molecule has 0 unspecified atom stereocenters. The van der Waals surface area contributed by atoms with E-state index in [-0.39, 0.29) is 11.2 Å². The molecule has 1 saturated heterocycles. The lowest BCUT2D eigenvalue weighted by atomic mass is 9.84. The summed E-state index contributed by atoms with van der Waals surface area (Å²) in [6, 6.07) is 15.4. The summed E-state index contributed by atoms with van der Waals surface area (Å²) in [6.07, 6.45) is 0. The van der Waals surface area contributed by atoms with Gasteiger partial charge in [-0.1, -0.05) is 50.2 Å². The molecule has 0 saturated carbocycles. The molecule has 0 aliphatic carbocycles. The number of ether oxygens (including phenoxy) is 1. The highest BCUT2D eigenvalue weighted by molar-refractivity contribution is 5.79.